The molecular formula is C26H13BrO2. The Labute approximate surface area is 173 Å². The van der Waals surface area contributed by atoms with Crippen LogP contribution in [-0.4, -0.2) is 0 Å². The molecule has 0 N–H and O–H groups in total. The van der Waals surface area contributed by atoms with Crippen molar-refractivity contribution >= 4 is 81.4 Å². The fourth-order valence-corrected chi connectivity index (χ4v) is 5.22. The number of halogens is 1. The summed E-state index contributed by atoms with van der Waals surface area (Å²) >= 11 is 3.78. The minimum Gasteiger partial charge on any atom is -0.455 e. The van der Waals surface area contributed by atoms with E-state index in [1.165, 1.54) is 21.5 Å². The highest BCUT2D eigenvalue weighted by molar-refractivity contribution is 9.10. The summed E-state index contributed by atoms with van der Waals surface area (Å²) < 4.78 is 13.4. The fourth-order valence-electron chi connectivity index (χ4n) is 4.63. The van der Waals surface area contributed by atoms with Crippen LogP contribution in [0.25, 0.3) is 65.4 Å². The molecule has 0 saturated carbocycles. The standard InChI is InChI=1S/C26H13BrO2/c27-24-25-18(22-16-7-3-1-5-14(16)9-11-20(22)28-25)13-19-23-17-8-4-2-6-15(17)10-12-21(23)29-26(19)24/h1-13H. The highest BCUT2D eigenvalue weighted by Gasteiger charge is 2.20. The van der Waals surface area contributed by atoms with Gasteiger partial charge in [0.25, 0.3) is 0 Å². The lowest BCUT2D eigenvalue weighted by atomic mass is 10.0. The average Bonchev–Trinajstić information content (AvgIpc) is 3.33. The van der Waals surface area contributed by atoms with Gasteiger partial charge in [0.05, 0.1) is 0 Å². The molecule has 0 amide bonds. The van der Waals surface area contributed by atoms with Crippen molar-refractivity contribution in [1.29, 1.82) is 0 Å². The summed E-state index contributed by atoms with van der Waals surface area (Å²) in [6.07, 6.45) is 0. The van der Waals surface area contributed by atoms with Crippen LogP contribution in [0.4, 0.5) is 0 Å². The largest absolute Gasteiger partial charge is 0.455 e. The highest BCUT2D eigenvalue weighted by atomic mass is 79.9. The topological polar surface area (TPSA) is 26.3 Å². The van der Waals surface area contributed by atoms with Crippen molar-refractivity contribution in [3.63, 3.8) is 0 Å². The third-order valence-corrected chi connectivity index (χ3v) is 6.64. The van der Waals surface area contributed by atoms with Crippen LogP contribution < -0.4 is 0 Å². The van der Waals surface area contributed by atoms with Crippen LogP contribution in [0, 0.1) is 0 Å². The summed E-state index contributed by atoms with van der Waals surface area (Å²) in [5.41, 5.74) is 3.43. The molecule has 0 spiro atoms. The molecule has 3 heteroatoms. The molecule has 0 radical (unpaired) electrons. The molecule has 0 saturated heterocycles. The molecule has 0 aliphatic rings. The maximum absolute atomic E-state index is 6.28. The molecule has 0 aliphatic carbocycles. The number of furan rings is 2. The Morgan fingerprint density at radius 1 is 0.517 bits per heavy atom. The lowest BCUT2D eigenvalue weighted by Crippen LogP contribution is -1.76. The molecule has 0 bridgehead atoms. The molecule has 0 atom stereocenters. The molecule has 7 aromatic rings. The summed E-state index contributed by atoms with van der Waals surface area (Å²) in [7, 11) is 0. The van der Waals surface area contributed by atoms with Gasteiger partial charge in [0, 0.05) is 21.5 Å². The molecular weight excluding hydrogens is 424 g/mol. The average molecular weight is 437 g/mol. The lowest BCUT2D eigenvalue weighted by molar-refractivity contribution is 0.652. The zero-order chi connectivity index (χ0) is 19.1. The number of rotatable bonds is 0. The second-order valence-corrected chi connectivity index (χ2v) is 8.26. The van der Waals surface area contributed by atoms with Crippen molar-refractivity contribution in [1.82, 2.24) is 0 Å². The second-order valence-electron chi connectivity index (χ2n) is 7.47. The van der Waals surface area contributed by atoms with Crippen LogP contribution in [-0.2, 0) is 0 Å². The van der Waals surface area contributed by atoms with Gasteiger partial charge in [-0.3, -0.25) is 0 Å². The van der Waals surface area contributed by atoms with Crippen molar-refractivity contribution in [2.75, 3.05) is 0 Å². The van der Waals surface area contributed by atoms with E-state index in [0.29, 0.717) is 0 Å². The van der Waals surface area contributed by atoms with Gasteiger partial charge in [0.1, 0.15) is 15.6 Å². The smallest absolute Gasteiger partial charge is 0.153 e. The van der Waals surface area contributed by atoms with Crippen LogP contribution in [0.5, 0.6) is 0 Å². The van der Waals surface area contributed by atoms with Gasteiger partial charge in [-0.2, -0.15) is 0 Å². The first-order valence-electron chi connectivity index (χ1n) is 9.56. The molecule has 2 heterocycles. The van der Waals surface area contributed by atoms with Crippen molar-refractivity contribution < 1.29 is 8.83 Å². The summed E-state index contributed by atoms with van der Waals surface area (Å²) in [6, 6.07) is 27.5. The summed E-state index contributed by atoms with van der Waals surface area (Å²) in [6.45, 7) is 0. The first-order chi connectivity index (χ1) is 14.3. The monoisotopic (exact) mass is 436 g/mol. The van der Waals surface area contributed by atoms with Gasteiger partial charge in [0.2, 0.25) is 0 Å². The Balaban J connectivity index is 1.78. The van der Waals surface area contributed by atoms with Crippen LogP contribution in [0.15, 0.2) is 92.2 Å². The Morgan fingerprint density at radius 3 is 1.52 bits per heavy atom. The minimum absolute atomic E-state index is 0.826. The first-order valence-corrected chi connectivity index (χ1v) is 10.4. The van der Waals surface area contributed by atoms with Crippen LogP contribution in [0.2, 0.25) is 0 Å². The molecule has 2 aromatic heterocycles. The van der Waals surface area contributed by atoms with Gasteiger partial charge >= 0.3 is 0 Å². The fraction of sp³-hybridized carbons (Fsp3) is 0. The van der Waals surface area contributed by atoms with Crippen molar-refractivity contribution in [3.8, 4) is 0 Å². The molecule has 0 aliphatic heterocycles. The highest BCUT2D eigenvalue weighted by Crippen LogP contribution is 2.45. The molecule has 2 nitrogen and oxygen atoms in total. The van der Waals surface area contributed by atoms with Gasteiger partial charge in [-0.1, -0.05) is 60.7 Å². The van der Waals surface area contributed by atoms with Crippen molar-refractivity contribution in [2.45, 2.75) is 0 Å². The van der Waals surface area contributed by atoms with Crippen LogP contribution in [0.1, 0.15) is 0 Å². The minimum atomic E-state index is 0.826. The first kappa shape index (κ1) is 15.6. The van der Waals surface area contributed by atoms with E-state index in [1.807, 2.05) is 0 Å². The van der Waals surface area contributed by atoms with Gasteiger partial charge < -0.3 is 8.83 Å². The van der Waals surface area contributed by atoms with Gasteiger partial charge in [-0.25, -0.2) is 0 Å². The zero-order valence-corrected chi connectivity index (χ0v) is 16.8. The van der Waals surface area contributed by atoms with E-state index in [-0.39, 0.29) is 0 Å². The second kappa shape index (κ2) is 5.40. The predicted molar refractivity (Wildman–Crippen MR) is 124 cm³/mol. The van der Waals surface area contributed by atoms with Gasteiger partial charge in [-0.05, 0) is 55.7 Å². The zero-order valence-electron chi connectivity index (χ0n) is 15.2. The molecule has 29 heavy (non-hydrogen) atoms. The Bertz CT molecular complexity index is 1640. The van der Waals surface area contributed by atoms with E-state index >= 15 is 0 Å². The number of fused-ring (bicyclic) bond motifs is 10. The molecule has 7 rings (SSSR count). The quantitative estimate of drug-likeness (QED) is 0.238. The van der Waals surface area contributed by atoms with E-state index in [4.69, 9.17) is 8.83 Å². The van der Waals surface area contributed by atoms with E-state index in [1.54, 1.807) is 0 Å². The molecule has 0 fully saturated rings. The van der Waals surface area contributed by atoms with E-state index < -0.39 is 0 Å². The van der Waals surface area contributed by atoms with Crippen LogP contribution >= 0.6 is 15.9 Å². The SMILES string of the molecule is Brc1c2oc3ccc4ccccc4c3c2cc2c1oc1ccc3ccccc3c12. The Kier molecular flexibility index (Phi) is 2.90. The summed E-state index contributed by atoms with van der Waals surface area (Å²) in [5, 5.41) is 9.33. The van der Waals surface area contributed by atoms with E-state index in [0.717, 1.165) is 48.3 Å². The predicted octanol–water partition coefficient (Wildman–Crippen LogP) is 8.55. The van der Waals surface area contributed by atoms with E-state index in [2.05, 4.69) is 94.8 Å². The third kappa shape index (κ3) is 1.95. The molecule has 136 valence electrons. The van der Waals surface area contributed by atoms with Gasteiger partial charge in [-0.15, -0.1) is 0 Å². The summed E-state index contributed by atoms with van der Waals surface area (Å²) in [4.78, 5) is 0. The molecule has 5 aromatic carbocycles. The van der Waals surface area contributed by atoms with E-state index in [9.17, 15) is 0 Å². The van der Waals surface area contributed by atoms with Crippen molar-refractivity contribution in [2.24, 2.45) is 0 Å². The van der Waals surface area contributed by atoms with Gasteiger partial charge in [0.15, 0.2) is 11.2 Å². The van der Waals surface area contributed by atoms with Crippen molar-refractivity contribution in [3.05, 3.63) is 83.3 Å². The normalized spacial score (nSPS) is 12.3. The number of benzene rings is 5. The molecule has 0 unspecified atom stereocenters. The number of hydrogen-bond donors (Lipinski definition) is 0. The number of hydrogen-bond acceptors (Lipinski definition) is 2. The summed E-state index contributed by atoms with van der Waals surface area (Å²) in [5.74, 6) is 0. The maximum Gasteiger partial charge on any atom is 0.153 e. The van der Waals surface area contributed by atoms with Crippen LogP contribution in [0.3, 0.4) is 0 Å². The Hall–Kier alpha value is -3.30. The lowest BCUT2D eigenvalue weighted by Gasteiger charge is -2.00. The third-order valence-electron chi connectivity index (χ3n) is 5.92. The maximum atomic E-state index is 6.28. The Morgan fingerprint density at radius 2 is 1.00 bits per heavy atom.